The zero-order valence-electron chi connectivity index (χ0n) is 14.7. The van der Waals surface area contributed by atoms with Gasteiger partial charge in [0.05, 0.1) is 0 Å². The molecule has 4 nitrogen and oxygen atoms in total. The molecule has 0 radical (unpaired) electrons. The van der Waals surface area contributed by atoms with Gasteiger partial charge in [0.2, 0.25) is 5.91 Å². The smallest absolute Gasteiger partial charge is 0.247 e. The van der Waals surface area contributed by atoms with Gasteiger partial charge in [0.15, 0.2) is 11.5 Å². The number of benzene rings is 2. The van der Waals surface area contributed by atoms with Gasteiger partial charge in [-0.1, -0.05) is 42.5 Å². The number of hydrogen-bond donors (Lipinski definition) is 0. The van der Waals surface area contributed by atoms with Crippen LogP contribution in [0.1, 0.15) is 25.0 Å². The minimum atomic E-state index is -0.00168. The number of para-hydroxylation sites is 1. The topological polar surface area (TPSA) is 38.8 Å². The van der Waals surface area contributed by atoms with Crippen LogP contribution in [0.2, 0.25) is 0 Å². The third kappa shape index (κ3) is 4.02. The quantitative estimate of drug-likeness (QED) is 0.777. The molecule has 0 spiro atoms. The number of amides is 1. The lowest BCUT2D eigenvalue weighted by Gasteiger charge is -2.25. The Kier molecular flexibility index (Phi) is 5.39. The molecule has 0 saturated heterocycles. The molecule has 1 heterocycles. The Morgan fingerprint density at radius 1 is 1.08 bits per heavy atom. The summed E-state index contributed by atoms with van der Waals surface area (Å²) in [6.07, 6.45) is 1.70. The van der Waals surface area contributed by atoms with E-state index >= 15 is 0 Å². The fraction of sp³-hybridized carbons (Fsp3) is 0.286. The van der Waals surface area contributed by atoms with Crippen LogP contribution >= 0.6 is 0 Å². The number of allylic oxidation sites excluding steroid dienone is 1. The van der Waals surface area contributed by atoms with E-state index in [4.69, 9.17) is 9.47 Å². The molecule has 0 atom stereocenters. The monoisotopic (exact) mass is 337 g/mol. The molecule has 1 amide bonds. The maximum absolute atomic E-state index is 12.7. The van der Waals surface area contributed by atoms with Gasteiger partial charge in [-0.3, -0.25) is 4.79 Å². The summed E-state index contributed by atoms with van der Waals surface area (Å²) in [5, 5.41) is 0. The zero-order chi connectivity index (χ0) is 17.6. The van der Waals surface area contributed by atoms with Crippen molar-refractivity contribution in [1.29, 1.82) is 0 Å². The van der Waals surface area contributed by atoms with Crippen molar-refractivity contribution >= 4 is 11.5 Å². The van der Waals surface area contributed by atoms with Crippen molar-refractivity contribution in [3.63, 3.8) is 0 Å². The minimum Gasteiger partial charge on any atom is -0.486 e. The van der Waals surface area contributed by atoms with Gasteiger partial charge in [-0.15, -0.1) is 0 Å². The molecular formula is C21H23NO3. The summed E-state index contributed by atoms with van der Waals surface area (Å²) in [6, 6.07) is 15.8. The normalized spacial score (nSPS) is 13.4. The van der Waals surface area contributed by atoms with Gasteiger partial charge in [-0.25, -0.2) is 0 Å². The van der Waals surface area contributed by atoms with Crippen molar-refractivity contribution in [2.24, 2.45) is 0 Å². The van der Waals surface area contributed by atoms with E-state index in [2.05, 4.69) is 0 Å². The molecule has 3 rings (SSSR count). The Balaban J connectivity index is 1.78. The lowest BCUT2D eigenvalue weighted by Crippen LogP contribution is -2.29. The van der Waals surface area contributed by atoms with Gasteiger partial charge >= 0.3 is 0 Å². The first-order valence-corrected chi connectivity index (χ1v) is 8.59. The standard InChI is InChI=1S/C21H23NO3/c1-3-22(20(23)14-16(2)17-8-5-4-6-9-17)15-18-10-7-11-19-21(18)25-13-12-24-19/h4-11,14H,3,12-13,15H2,1-2H3/b16-14-. The molecule has 130 valence electrons. The van der Waals surface area contributed by atoms with Crippen LogP contribution in [0.5, 0.6) is 11.5 Å². The molecule has 25 heavy (non-hydrogen) atoms. The Morgan fingerprint density at radius 2 is 1.84 bits per heavy atom. The third-order valence-electron chi connectivity index (χ3n) is 4.27. The number of carbonyl (C=O) groups excluding carboxylic acids is 1. The van der Waals surface area contributed by atoms with E-state index < -0.39 is 0 Å². The highest BCUT2D eigenvalue weighted by Crippen LogP contribution is 2.34. The molecule has 1 aliphatic rings. The molecule has 2 aromatic rings. The van der Waals surface area contributed by atoms with Crippen molar-refractivity contribution in [2.45, 2.75) is 20.4 Å². The molecule has 2 aromatic carbocycles. The Bertz CT molecular complexity index is 768. The van der Waals surface area contributed by atoms with E-state index in [1.54, 1.807) is 11.0 Å². The van der Waals surface area contributed by atoms with Crippen molar-refractivity contribution < 1.29 is 14.3 Å². The summed E-state index contributed by atoms with van der Waals surface area (Å²) in [5.41, 5.74) is 2.98. The van der Waals surface area contributed by atoms with E-state index in [0.29, 0.717) is 26.3 Å². The van der Waals surface area contributed by atoms with Gasteiger partial charge in [0.25, 0.3) is 0 Å². The van der Waals surface area contributed by atoms with Crippen LogP contribution in [-0.4, -0.2) is 30.6 Å². The second kappa shape index (κ2) is 7.88. The molecular weight excluding hydrogens is 314 g/mol. The summed E-state index contributed by atoms with van der Waals surface area (Å²) in [5.74, 6) is 1.50. The maximum atomic E-state index is 12.7. The number of fused-ring (bicyclic) bond motifs is 1. The van der Waals surface area contributed by atoms with Gasteiger partial charge in [-0.05, 0) is 31.1 Å². The zero-order valence-corrected chi connectivity index (χ0v) is 14.7. The van der Waals surface area contributed by atoms with Crippen LogP contribution in [0.25, 0.3) is 5.57 Å². The Labute approximate surface area is 148 Å². The number of nitrogens with zero attached hydrogens (tertiary/aromatic N) is 1. The highest BCUT2D eigenvalue weighted by Gasteiger charge is 2.19. The SMILES string of the molecule is CCN(Cc1cccc2c1OCCO2)C(=O)/C=C(/C)c1ccccc1. The second-order valence-corrected chi connectivity index (χ2v) is 5.99. The van der Waals surface area contributed by atoms with Crippen molar-refractivity contribution in [3.05, 3.63) is 65.7 Å². The van der Waals surface area contributed by atoms with Gasteiger partial charge in [0, 0.05) is 24.7 Å². The number of likely N-dealkylation sites (N-methyl/N-ethyl adjacent to an activating group) is 1. The van der Waals surface area contributed by atoms with E-state index in [0.717, 1.165) is 28.2 Å². The summed E-state index contributed by atoms with van der Waals surface area (Å²) in [6.45, 7) is 6.17. The highest BCUT2D eigenvalue weighted by molar-refractivity contribution is 5.94. The highest BCUT2D eigenvalue weighted by atomic mass is 16.6. The summed E-state index contributed by atoms with van der Waals surface area (Å²) in [4.78, 5) is 14.5. The van der Waals surface area contributed by atoms with Crippen molar-refractivity contribution in [2.75, 3.05) is 19.8 Å². The van der Waals surface area contributed by atoms with Crippen LogP contribution in [-0.2, 0) is 11.3 Å². The summed E-state index contributed by atoms with van der Waals surface area (Å²) in [7, 11) is 0. The number of hydrogen-bond acceptors (Lipinski definition) is 3. The van der Waals surface area contributed by atoms with Crippen LogP contribution in [0, 0.1) is 0 Å². The lowest BCUT2D eigenvalue weighted by molar-refractivity contribution is -0.126. The largest absolute Gasteiger partial charge is 0.486 e. The molecule has 0 saturated carbocycles. The molecule has 0 bridgehead atoms. The number of carbonyl (C=O) groups is 1. The van der Waals surface area contributed by atoms with Crippen LogP contribution in [0.15, 0.2) is 54.6 Å². The van der Waals surface area contributed by atoms with Crippen molar-refractivity contribution in [3.8, 4) is 11.5 Å². The van der Waals surface area contributed by atoms with E-state index in [1.807, 2.05) is 62.4 Å². The number of rotatable bonds is 5. The average molecular weight is 337 g/mol. The number of ether oxygens (including phenoxy) is 2. The first-order chi connectivity index (χ1) is 12.2. The average Bonchev–Trinajstić information content (AvgIpc) is 2.66. The van der Waals surface area contributed by atoms with Gasteiger partial charge < -0.3 is 14.4 Å². The van der Waals surface area contributed by atoms with E-state index in [-0.39, 0.29) is 5.91 Å². The fourth-order valence-electron chi connectivity index (χ4n) is 2.87. The second-order valence-electron chi connectivity index (χ2n) is 5.99. The summed E-state index contributed by atoms with van der Waals surface area (Å²) < 4.78 is 11.4. The molecule has 1 aliphatic heterocycles. The predicted molar refractivity (Wildman–Crippen MR) is 98.6 cm³/mol. The third-order valence-corrected chi connectivity index (χ3v) is 4.27. The molecule has 4 heteroatoms. The predicted octanol–water partition coefficient (Wildman–Crippen LogP) is 3.91. The Hall–Kier alpha value is -2.75. The minimum absolute atomic E-state index is 0.00168. The molecule has 0 aromatic heterocycles. The molecule has 0 aliphatic carbocycles. The molecule has 0 fully saturated rings. The maximum Gasteiger partial charge on any atom is 0.247 e. The van der Waals surface area contributed by atoms with E-state index in [1.165, 1.54) is 0 Å². The van der Waals surface area contributed by atoms with Crippen LogP contribution in [0.4, 0.5) is 0 Å². The van der Waals surface area contributed by atoms with Gasteiger partial charge in [-0.2, -0.15) is 0 Å². The Morgan fingerprint density at radius 3 is 2.60 bits per heavy atom. The van der Waals surface area contributed by atoms with Crippen molar-refractivity contribution in [1.82, 2.24) is 4.90 Å². The molecule has 0 unspecified atom stereocenters. The van der Waals surface area contributed by atoms with Crippen LogP contribution < -0.4 is 9.47 Å². The van der Waals surface area contributed by atoms with Gasteiger partial charge in [0.1, 0.15) is 13.2 Å². The fourth-order valence-corrected chi connectivity index (χ4v) is 2.87. The summed E-state index contributed by atoms with van der Waals surface area (Å²) >= 11 is 0. The van der Waals surface area contributed by atoms with Crippen LogP contribution in [0.3, 0.4) is 0 Å². The first-order valence-electron chi connectivity index (χ1n) is 8.59. The first kappa shape index (κ1) is 17.1. The van der Waals surface area contributed by atoms with E-state index in [9.17, 15) is 4.79 Å². The lowest BCUT2D eigenvalue weighted by atomic mass is 10.1. The molecule has 0 N–H and O–H groups in total.